The summed E-state index contributed by atoms with van der Waals surface area (Å²) in [6.45, 7) is 10.6. The van der Waals surface area contributed by atoms with Crippen LogP contribution in [0.1, 0.15) is 58.8 Å². The summed E-state index contributed by atoms with van der Waals surface area (Å²) in [7, 11) is 0. The number of hydrogen-bond acceptors (Lipinski definition) is 3. The lowest BCUT2D eigenvalue weighted by Crippen LogP contribution is -2.52. The fourth-order valence-corrected chi connectivity index (χ4v) is 3.45. The van der Waals surface area contributed by atoms with Crippen LogP contribution < -0.4 is 0 Å². The molecule has 3 nitrogen and oxygen atoms in total. The summed E-state index contributed by atoms with van der Waals surface area (Å²) in [5, 5.41) is 0. The number of guanidine groups is 1. The quantitative estimate of drug-likeness (QED) is 0.703. The van der Waals surface area contributed by atoms with Crippen molar-refractivity contribution in [1.82, 2.24) is 9.80 Å². The Bertz CT molecular complexity index is 288. The minimum atomic E-state index is 0.944. The van der Waals surface area contributed by atoms with Crippen molar-refractivity contribution in [1.29, 1.82) is 0 Å². The van der Waals surface area contributed by atoms with E-state index < -0.39 is 0 Å². The Morgan fingerprint density at radius 2 is 1.95 bits per heavy atom. The molecule has 19 heavy (non-hydrogen) atoms. The molecule has 0 spiro atoms. The summed E-state index contributed by atoms with van der Waals surface area (Å²) in [4.78, 5) is 9.79. The van der Waals surface area contributed by atoms with Crippen molar-refractivity contribution in [3.05, 3.63) is 0 Å². The molecule has 2 heterocycles. The zero-order valence-corrected chi connectivity index (χ0v) is 12.9. The predicted molar refractivity (Wildman–Crippen MR) is 82.6 cm³/mol. The number of rotatable bonds is 7. The van der Waals surface area contributed by atoms with Crippen LogP contribution in [0.2, 0.25) is 0 Å². The largest absolute Gasteiger partial charge is 0.343 e. The summed E-state index contributed by atoms with van der Waals surface area (Å²) >= 11 is 0. The van der Waals surface area contributed by atoms with Crippen LogP contribution in [0.15, 0.2) is 4.99 Å². The summed E-state index contributed by atoms with van der Waals surface area (Å²) in [5.74, 6) is 2.25. The van der Waals surface area contributed by atoms with Crippen LogP contribution in [-0.2, 0) is 0 Å². The summed E-state index contributed by atoms with van der Waals surface area (Å²) in [5.41, 5.74) is 0. The second-order valence-corrected chi connectivity index (χ2v) is 6.07. The monoisotopic (exact) mass is 265 g/mol. The lowest BCUT2D eigenvalue weighted by atomic mass is 9.95. The number of aliphatic imine (C=N–C) groups is 1. The number of nitrogens with zero attached hydrogens (tertiary/aromatic N) is 3. The molecular weight excluding hydrogens is 234 g/mol. The van der Waals surface area contributed by atoms with Crippen LogP contribution >= 0.6 is 0 Å². The summed E-state index contributed by atoms with van der Waals surface area (Å²) < 4.78 is 0. The van der Waals surface area contributed by atoms with Crippen LogP contribution in [0.5, 0.6) is 0 Å². The molecule has 2 rings (SSSR count). The van der Waals surface area contributed by atoms with Crippen molar-refractivity contribution in [3.63, 3.8) is 0 Å². The van der Waals surface area contributed by atoms with Crippen molar-refractivity contribution in [2.45, 2.75) is 58.8 Å². The third kappa shape index (κ3) is 4.12. The van der Waals surface area contributed by atoms with E-state index in [1.807, 2.05) is 0 Å². The molecule has 1 saturated heterocycles. The maximum Gasteiger partial charge on any atom is 0.196 e. The maximum absolute atomic E-state index is 4.76. The van der Waals surface area contributed by atoms with Gasteiger partial charge in [0.05, 0.1) is 0 Å². The minimum absolute atomic E-state index is 0.944. The Kier molecular flexibility index (Phi) is 5.99. The van der Waals surface area contributed by atoms with Crippen molar-refractivity contribution in [2.75, 3.05) is 32.7 Å². The number of fused-ring (bicyclic) bond motifs is 1. The highest BCUT2D eigenvalue weighted by atomic mass is 15.4. The van der Waals surface area contributed by atoms with Crippen LogP contribution in [0, 0.1) is 5.92 Å². The van der Waals surface area contributed by atoms with Gasteiger partial charge in [0.15, 0.2) is 5.96 Å². The van der Waals surface area contributed by atoms with E-state index in [2.05, 4.69) is 23.6 Å². The molecule has 2 aliphatic heterocycles. The smallest absolute Gasteiger partial charge is 0.196 e. The second-order valence-electron chi connectivity index (χ2n) is 6.07. The van der Waals surface area contributed by atoms with Gasteiger partial charge in [-0.2, -0.15) is 0 Å². The van der Waals surface area contributed by atoms with Crippen molar-refractivity contribution >= 4 is 5.96 Å². The van der Waals surface area contributed by atoms with E-state index in [1.165, 1.54) is 77.1 Å². The molecular formula is C16H31N3. The van der Waals surface area contributed by atoms with Crippen molar-refractivity contribution in [2.24, 2.45) is 10.9 Å². The zero-order valence-electron chi connectivity index (χ0n) is 12.9. The Morgan fingerprint density at radius 3 is 2.74 bits per heavy atom. The molecule has 0 saturated carbocycles. The molecule has 1 fully saturated rings. The standard InChI is InChI=1S/C16H31N3/c1-3-8-15(4-2)9-5-11-18-13-7-14-19-12-6-10-17-16(18)19/h15H,3-14H2,1-2H3. The van der Waals surface area contributed by atoms with Gasteiger partial charge in [0, 0.05) is 32.7 Å². The van der Waals surface area contributed by atoms with Gasteiger partial charge in [0.2, 0.25) is 0 Å². The highest BCUT2D eigenvalue weighted by Gasteiger charge is 2.24. The van der Waals surface area contributed by atoms with Crippen LogP contribution in [0.25, 0.3) is 0 Å². The second kappa shape index (κ2) is 7.76. The third-order valence-corrected chi connectivity index (χ3v) is 4.58. The molecule has 0 aliphatic carbocycles. The Morgan fingerprint density at radius 1 is 1.11 bits per heavy atom. The topological polar surface area (TPSA) is 18.8 Å². The van der Waals surface area contributed by atoms with E-state index in [9.17, 15) is 0 Å². The van der Waals surface area contributed by atoms with Crippen LogP contribution in [0.3, 0.4) is 0 Å². The molecule has 0 aromatic rings. The first kappa shape index (κ1) is 14.7. The fourth-order valence-electron chi connectivity index (χ4n) is 3.45. The van der Waals surface area contributed by atoms with Gasteiger partial charge in [0.25, 0.3) is 0 Å². The van der Waals surface area contributed by atoms with E-state index in [4.69, 9.17) is 4.99 Å². The molecule has 1 unspecified atom stereocenters. The van der Waals surface area contributed by atoms with E-state index >= 15 is 0 Å². The fraction of sp³-hybridized carbons (Fsp3) is 0.938. The normalized spacial score (nSPS) is 21.1. The molecule has 0 bridgehead atoms. The minimum Gasteiger partial charge on any atom is -0.343 e. The Hall–Kier alpha value is -0.730. The van der Waals surface area contributed by atoms with E-state index in [0.29, 0.717) is 0 Å². The predicted octanol–water partition coefficient (Wildman–Crippen LogP) is 3.36. The van der Waals surface area contributed by atoms with Crippen molar-refractivity contribution in [3.8, 4) is 0 Å². The molecule has 110 valence electrons. The molecule has 1 atom stereocenters. The first-order valence-electron chi connectivity index (χ1n) is 8.39. The zero-order chi connectivity index (χ0) is 13.5. The average molecular weight is 265 g/mol. The molecule has 2 aliphatic rings. The molecule has 0 aromatic carbocycles. The van der Waals surface area contributed by atoms with Gasteiger partial charge in [-0.15, -0.1) is 0 Å². The molecule has 0 amide bonds. The molecule has 3 heteroatoms. The Balaban J connectivity index is 1.76. The van der Waals surface area contributed by atoms with Crippen molar-refractivity contribution < 1.29 is 0 Å². The highest BCUT2D eigenvalue weighted by molar-refractivity contribution is 5.81. The van der Waals surface area contributed by atoms with Gasteiger partial charge in [-0.3, -0.25) is 4.99 Å². The van der Waals surface area contributed by atoms with Gasteiger partial charge in [-0.25, -0.2) is 0 Å². The van der Waals surface area contributed by atoms with Gasteiger partial charge in [0.1, 0.15) is 0 Å². The first-order chi connectivity index (χ1) is 9.35. The van der Waals surface area contributed by atoms with Gasteiger partial charge >= 0.3 is 0 Å². The number of hydrogen-bond donors (Lipinski definition) is 0. The van der Waals surface area contributed by atoms with Crippen LogP contribution in [-0.4, -0.2) is 48.5 Å². The van der Waals surface area contributed by atoms with Gasteiger partial charge in [-0.1, -0.05) is 33.1 Å². The SMILES string of the molecule is CCCC(CC)CCCN1CCCN2CCCN=C21. The van der Waals surface area contributed by atoms with Gasteiger partial charge < -0.3 is 9.80 Å². The summed E-state index contributed by atoms with van der Waals surface area (Å²) in [6, 6.07) is 0. The lowest BCUT2D eigenvalue weighted by Gasteiger charge is -2.41. The maximum atomic E-state index is 4.76. The molecule has 0 N–H and O–H groups in total. The third-order valence-electron chi connectivity index (χ3n) is 4.58. The lowest BCUT2D eigenvalue weighted by molar-refractivity contribution is 0.237. The van der Waals surface area contributed by atoms with E-state index in [0.717, 1.165) is 12.5 Å². The van der Waals surface area contributed by atoms with Crippen LogP contribution in [0.4, 0.5) is 0 Å². The molecule has 0 aromatic heterocycles. The van der Waals surface area contributed by atoms with E-state index in [-0.39, 0.29) is 0 Å². The van der Waals surface area contributed by atoms with Gasteiger partial charge in [-0.05, 0) is 31.6 Å². The molecule has 0 radical (unpaired) electrons. The Labute approximate surface area is 119 Å². The first-order valence-corrected chi connectivity index (χ1v) is 8.39. The average Bonchev–Trinajstić information content (AvgIpc) is 2.46. The highest BCUT2D eigenvalue weighted by Crippen LogP contribution is 2.19. The van der Waals surface area contributed by atoms with E-state index in [1.54, 1.807) is 0 Å². The summed E-state index contributed by atoms with van der Waals surface area (Å²) in [6.07, 6.45) is 9.38.